The molecule has 0 aliphatic carbocycles. The van der Waals surface area contributed by atoms with E-state index in [1.807, 2.05) is 12.1 Å². The molecule has 2 heterocycles. The largest absolute Gasteiger partial charge is 0.435 e. The third-order valence-corrected chi connectivity index (χ3v) is 4.29. The number of nitrogens with one attached hydrogen (secondary N) is 1. The summed E-state index contributed by atoms with van der Waals surface area (Å²) in [6, 6.07) is 9.85. The Morgan fingerprint density at radius 1 is 1.23 bits per heavy atom. The van der Waals surface area contributed by atoms with Gasteiger partial charge in [-0.25, -0.2) is 9.67 Å². The molecule has 0 aliphatic rings. The summed E-state index contributed by atoms with van der Waals surface area (Å²) in [6.07, 6.45) is -3.53. The fraction of sp³-hybridized carbons (Fsp3) is 0.105. The Kier molecular flexibility index (Phi) is 5.45. The fourth-order valence-corrected chi connectivity index (χ4v) is 2.86. The molecule has 1 N–H and O–H groups in total. The van der Waals surface area contributed by atoms with Crippen LogP contribution < -0.4 is 5.32 Å². The van der Waals surface area contributed by atoms with E-state index < -0.39 is 23.5 Å². The monoisotopic (exact) mass is 430 g/mol. The maximum Gasteiger partial charge on any atom is 0.435 e. The molecule has 2 aromatic heterocycles. The summed E-state index contributed by atoms with van der Waals surface area (Å²) in [5.74, 6) is -1.14. The molecular formula is C19H10ClF3N6O. The van der Waals surface area contributed by atoms with Gasteiger partial charge in [0, 0.05) is 12.3 Å². The first-order chi connectivity index (χ1) is 14.2. The lowest BCUT2D eigenvalue weighted by molar-refractivity contribution is -0.141. The topological polar surface area (TPSA) is 107 Å². The first-order valence-corrected chi connectivity index (χ1v) is 8.58. The van der Waals surface area contributed by atoms with E-state index in [1.54, 1.807) is 6.92 Å². The van der Waals surface area contributed by atoms with Gasteiger partial charge in [0.2, 0.25) is 0 Å². The number of anilines is 1. The van der Waals surface area contributed by atoms with Crippen molar-refractivity contribution >= 4 is 23.2 Å². The highest BCUT2D eigenvalue weighted by molar-refractivity contribution is 6.32. The number of rotatable bonds is 3. The summed E-state index contributed by atoms with van der Waals surface area (Å²) in [4.78, 5) is 16.8. The first-order valence-electron chi connectivity index (χ1n) is 8.20. The normalized spacial score (nSPS) is 10.9. The molecule has 0 fully saturated rings. The van der Waals surface area contributed by atoms with Crippen molar-refractivity contribution in [2.45, 2.75) is 13.1 Å². The zero-order valence-electron chi connectivity index (χ0n) is 15.1. The molecule has 0 saturated carbocycles. The van der Waals surface area contributed by atoms with E-state index in [4.69, 9.17) is 16.9 Å². The number of hydrogen-bond acceptors (Lipinski definition) is 5. The van der Waals surface area contributed by atoms with Crippen LogP contribution in [0.3, 0.4) is 0 Å². The van der Waals surface area contributed by atoms with Gasteiger partial charge < -0.3 is 5.32 Å². The van der Waals surface area contributed by atoms with Crippen LogP contribution in [0.5, 0.6) is 0 Å². The van der Waals surface area contributed by atoms with E-state index in [0.717, 1.165) is 0 Å². The van der Waals surface area contributed by atoms with Crippen molar-refractivity contribution < 1.29 is 18.0 Å². The molecule has 150 valence electrons. The van der Waals surface area contributed by atoms with E-state index in [-0.39, 0.29) is 27.7 Å². The minimum absolute atomic E-state index is 0.0159. The summed E-state index contributed by atoms with van der Waals surface area (Å²) in [5.41, 5.74) is -1.17. The predicted octanol–water partition coefficient (Wildman–Crippen LogP) is 4.24. The van der Waals surface area contributed by atoms with Crippen LogP contribution in [0.1, 0.15) is 32.9 Å². The standard InChI is InChI=1S/C19H10ClF3N6O/c1-10-5-11(8-24)6-12(9-25)16(10)27-18(30)14-7-15(19(21,22)23)28-29(14)17-13(20)3-2-4-26-17/h2-7H,1H3,(H,27,30). The average molecular weight is 431 g/mol. The maximum absolute atomic E-state index is 13.2. The lowest BCUT2D eigenvalue weighted by Crippen LogP contribution is -2.19. The Labute approximate surface area is 172 Å². The van der Waals surface area contributed by atoms with Crippen LogP contribution in [-0.2, 0) is 6.18 Å². The summed E-state index contributed by atoms with van der Waals surface area (Å²) in [5, 5.41) is 24.2. The van der Waals surface area contributed by atoms with Crippen LogP contribution in [0.25, 0.3) is 5.82 Å². The van der Waals surface area contributed by atoms with Crippen molar-refractivity contribution in [3.63, 3.8) is 0 Å². The minimum Gasteiger partial charge on any atom is -0.319 e. The molecule has 1 amide bonds. The van der Waals surface area contributed by atoms with Crippen molar-refractivity contribution in [2.24, 2.45) is 0 Å². The quantitative estimate of drug-likeness (QED) is 0.668. The van der Waals surface area contributed by atoms with E-state index in [1.165, 1.54) is 30.5 Å². The highest BCUT2D eigenvalue weighted by Crippen LogP contribution is 2.31. The molecule has 3 aromatic rings. The number of carbonyl (C=O) groups excluding carboxylic acids is 1. The van der Waals surface area contributed by atoms with Crippen LogP contribution in [0.4, 0.5) is 18.9 Å². The number of benzene rings is 1. The highest BCUT2D eigenvalue weighted by atomic mass is 35.5. The van der Waals surface area contributed by atoms with Crippen molar-refractivity contribution in [1.82, 2.24) is 14.8 Å². The Bertz CT molecular complexity index is 1240. The van der Waals surface area contributed by atoms with Gasteiger partial charge in [0.05, 0.1) is 27.9 Å². The molecule has 0 bridgehead atoms. The van der Waals surface area contributed by atoms with E-state index in [2.05, 4.69) is 15.4 Å². The van der Waals surface area contributed by atoms with Gasteiger partial charge in [0.1, 0.15) is 11.8 Å². The fourth-order valence-electron chi connectivity index (χ4n) is 2.66. The number of aryl methyl sites for hydroxylation is 1. The van der Waals surface area contributed by atoms with Crippen LogP contribution in [0.15, 0.2) is 36.5 Å². The van der Waals surface area contributed by atoms with Crippen molar-refractivity contribution in [3.05, 3.63) is 69.6 Å². The van der Waals surface area contributed by atoms with Crippen LogP contribution in [-0.4, -0.2) is 20.7 Å². The number of amides is 1. The molecule has 0 radical (unpaired) electrons. The number of aromatic nitrogens is 3. The molecule has 0 spiro atoms. The van der Waals surface area contributed by atoms with E-state index >= 15 is 0 Å². The number of alkyl halides is 3. The summed E-state index contributed by atoms with van der Waals surface area (Å²) in [6.45, 7) is 1.55. The maximum atomic E-state index is 13.2. The average Bonchev–Trinajstić information content (AvgIpc) is 3.15. The number of halogens is 4. The first kappa shape index (κ1) is 20.8. The van der Waals surface area contributed by atoms with E-state index in [0.29, 0.717) is 16.3 Å². The Morgan fingerprint density at radius 2 is 1.97 bits per heavy atom. The van der Waals surface area contributed by atoms with Gasteiger partial charge >= 0.3 is 6.18 Å². The zero-order valence-corrected chi connectivity index (χ0v) is 15.9. The van der Waals surface area contributed by atoms with Gasteiger partial charge in [0.15, 0.2) is 11.5 Å². The molecule has 0 atom stereocenters. The Hall–Kier alpha value is -3.89. The third kappa shape index (κ3) is 3.95. The number of nitrogens with zero attached hydrogens (tertiary/aromatic N) is 5. The van der Waals surface area contributed by atoms with Crippen molar-refractivity contribution in [1.29, 1.82) is 10.5 Å². The number of carbonyl (C=O) groups is 1. The third-order valence-electron chi connectivity index (χ3n) is 4.00. The van der Waals surface area contributed by atoms with Gasteiger partial charge in [-0.05, 0) is 36.8 Å². The molecule has 7 nitrogen and oxygen atoms in total. The molecule has 1 aromatic carbocycles. The molecule has 11 heteroatoms. The van der Waals surface area contributed by atoms with Gasteiger partial charge in [-0.15, -0.1) is 0 Å². The van der Waals surface area contributed by atoms with Crippen molar-refractivity contribution in [2.75, 3.05) is 5.32 Å². The molecule has 0 aliphatic heterocycles. The zero-order chi connectivity index (χ0) is 22.1. The van der Waals surface area contributed by atoms with Crippen LogP contribution in [0, 0.1) is 29.6 Å². The van der Waals surface area contributed by atoms with Crippen LogP contribution in [0.2, 0.25) is 5.02 Å². The molecule has 0 unspecified atom stereocenters. The second kappa shape index (κ2) is 7.85. The molecule has 0 saturated heterocycles. The van der Waals surface area contributed by atoms with E-state index in [9.17, 15) is 23.2 Å². The van der Waals surface area contributed by atoms with Gasteiger partial charge in [-0.3, -0.25) is 4.79 Å². The molecular weight excluding hydrogens is 421 g/mol. The highest BCUT2D eigenvalue weighted by Gasteiger charge is 2.36. The number of nitriles is 2. The number of pyridine rings is 1. The molecule has 30 heavy (non-hydrogen) atoms. The Balaban J connectivity index is 2.12. The molecule has 3 rings (SSSR count). The second-order valence-corrected chi connectivity index (χ2v) is 6.43. The van der Waals surface area contributed by atoms with Gasteiger partial charge in [0.25, 0.3) is 5.91 Å². The van der Waals surface area contributed by atoms with Gasteiger partial charge in [-0.1, -0.05) is 11.6 Å². The summed E-state index contributed by atoms with van der Waals surface area (Å²) in [7, 11) is 0. The number of hydrogen-bond donors (Lipinski definition) is 1. The minimum atomic E-state index is -4.82. The van der Waals surface area contributed by atoms with Gasteiger partial charge in [-0.2, -0.15) is 28.8 Å². The summed E-state index contributed by atoms with van der Waals surface area (Å²) >= 11 is 6.02. The van der Waals surface area contributed by atoms with Crippen molar-refractivity contribution in [3.8, 4) is 18.0 Å². The lowest BCUT2D eigenvalue weighted by atomic mass is 10.0. The predicted molar refractivity (Wildman–Crippen MR) is 99.9 cm³/mol. The Morgan fingerprint density at radius 3 is 2.57 bits per heavy atom. The smallest absolute Gasteiger partial charge is 0.319 e. The summed E-state index contributed by atoms with van der Waals surface area (Å²) < 4.78 is 40.3. The van der Waals surface area contributed by atoms with Crippen LogP contribution >= 0.6 is 11.6 Å². The SMILES string of the molecule is Cc1cc(C#N)cc(C#N)c1NC(=O)c1cc(C(F)(F)F)nn1-c1ncccc1Cl. The lowest BCUT2D eigenvalue weighted by Gasteiger charge is -2.12. The second-order valence-electron chi connectivity index (χ2n) is 6.03.